The number of rotatable bonds is 8. The van der Waals surface area contributed by atoms with Gasteiger partial charge in [0.2, 0.25) is 0 Å². The zero-order valence-corrected chi connectivity index (χ0v) is 18.6. The lowest BCUT2D eigenvalue weighted by Crippen LogP contribution is -2.24. The van der Waals surface area contributed by atoms with E-state index in [-0.39, 0.29) is 5.97 Å². The fourth-order valence-electron chi connectivity index (χ4n) is 3.36. The van der Waals surface area contributed by atoms with Crippen molar-refractivity contribution < 1.29 is 9.53 Å². The van der Waals surface area contributed by atoms with E-state index in [1.165, 1.54) is 5.56 Å². The Kier molecular flexibility index (Phi) is 7.45. The van der Waals surface area contributed by atoms with Crippen LogP contribution in [0.1, 0.15) is 78.6 Å². The normalized spacial score (nSPS) is 13.0. The van der Waals surface area contributed by atoms with Crippen LogP contribution in [0.25, 0.3) is 11.3 Å². The molecule has 2 rings (SSSR count). The Morgan fingerprint density at radius 1 is 1.14 bits per heavy atom. The first-order chi connectivity index (χ1) is 13.1. The van der Waals surface area contributed by atoms with Crippen LogP contribution in [0.2, 0.25) is 0 Å². The molecule has 0 spiro atoms. The van der Waals surface area contributed by atoms with E-state index >= 15 is 0 Å². The molecule has 0 saturated heterocycles. The van der Waals surface area contributed by atoms with E-state index < -0.39 is 5.60 Å². The molecule has 0 aliphatic rings. The largest absolute Gasteiger partial charge is 0.460 e. The molecule has 0 saturated carbocycles. The topological polar surface area (TPSA) is 44.1 Å². The third-order valence-electron chi connectivity index (χ3n) is 4.76. The quantitative estimate of drug-likeness (QED) is 0.525. The van der Waals surface area contributed by atoms with Gasteiger partial charge in [-0.2, -0.15) is 0 Å². The number of aromatic nitrogens is 2. The van der Waals surface area contributed by atoms with E-state index in [4.69, 9.17) is 9.72 Å². The van der Waals surface area contributed by atoms with Crippen molar-refractivity contribution in [1.29, 1.82) is 0 Å². The molecule has 1 aromatic heterocycles. The Morgan fingerprint density at radius 3 is 2.29 bits per heavy atom. The van der Waals surface area contributed by atoms with Gasteiger partial charge in [0.15, 0.2) is 0 Å². The van der Waals surface area contributed by atoms with Crippen LogP contribution < -0.4 is 0 Å². The summed E-state index contributed by atoms with van der Waals surface area (Å²) >= 11 is 0. The van der Waals surface area contributed by atoms with Gasteiger partial charge in [0.05, 0.1) is 5.69 Å². The molecule has 0 amide bonds. The second-order valence-corrected chi connectivity index (χ2v) is 9.06. The number of hydrogen-bond donors (Lipinski definition) is 0. The number of benzene rings is 1. The van der Waals surface area contributed by atoms with Crippen molar-refractivity contribution in [3.05, 3.63) is 41.9 Å². The maximum Gasteiger partial charge on any atom is 0.306 e. The Morgan fingerprint density at radius 2 is 1.79 bits per heavy atom. The van der Waals surface area contributed by atoms with E-state index in [2.05, 4.69) is 62.7 Å². The molecule has 0 unspecified atom stereocenters. The van der Waals surface area contributed by atoms with Crippen molar-refractivity contribution in [2.45, 2.75) is 85.8 Å². The lowest BCUT2D eigenvalue weighted by Gasteiger charge is -2.20. The molecule has 0 radical (unpaired) electrons. The first kappa shape index (κ1) is 22.2. The van der Waals surface area contributed by atoms with Crippen LogP contribution in [0.5, 0.6) is 0 Å². The molecular formula is C24H36N2O2. The third kappa shape index (κ3) is 6.50. The van der Waals surface area contributed by atoms with Crippen LogP contribution >= 0.6 is 0 Å². The molecule has 0 bridgehead atoms. The van der Waals surface area contributed by atoms with Gasteiger partial charge in [-0.3, -0.25) is 4.79 Å². The minimum Gasteiger partial charge on any atom is -0.460 e. The molecule has 1 atom stereocenters. The maximum atomic E-state index is 11.9. The van der Waals surface area contributed by atoms with Gasteiger partial charge in [0, 0.05) is 30.6 Å². The van der Waals surface area contributed by atoms with Gasteiger partial charge < -0.3 is 9.30 Å². The van der Waals surface area contributed by atoms with Crippen molar-refractivity contribution in [3.63, 3.8) is 0 Å². The van der Waals surface area contributed by atoms with Gasteiger partial charge in [-0.15, -0.1) is 0 Å². The first-order valence-corrected chi connectivity index (χ1v) is 10.5. The zero-order valence-electron chi connectivity index (χ0n) is 18.6. The predicted molar refractivity (Wildman–Crippen MR) is 115 cm³/mol. The number of nitrogens with zero attached hydrogens (tertiary/aromatic N) is 2. The van der Waals surface area contributed by atoms with Crippen molar-refractivity contribution in [3.8, 4) is 11.3 Å². The summed E-state index contributed by atoms with van der Waals surface area (Å²) in [5.41, 5.74) is 3.07. The summed E-state index contributed by atoms with van der Waals surface area (Å²) in [5.74, 6) is 1.88. The van der Waals surface area contributed by atoms with Crippen LogP contribution in [-0.2, 0) is 22.5 Å². The van der Waals surface area contributed by atoms with Crippen molar-refractivity contribution in [2.24, 2.45) is 5.92 Å². The summed E-state index contributed by atoms with van der Waals surface area (Å²) in [4.78, 5) is 16.7. The van der Waals surface area contributed by atoms with E-state index in [1.54, 1.807) is 0 Å². The molecule has 0 N–H and O–H groups in total. The van der Waals surface area contributed by atoms with Gasteiger partial charge >= 0.3 is 5.97 Å². The monoisotopic (exact) mass is 384 g/mol. The molecule has 1 aromatic carbocycles. The van der Waals surface area contributed by atoms with Gasteiger partial charge in [-0.05, 0) is 52.0 Å². The average molecular weight is 385 g/mol. The summed E-state index contributed by atoms with van der Waals surface area (Å²) in [6.07, 6.45) is 4.43. The van der Waals surface area contributed by atoms with Crippen molar-refractivity contribution in [2.75, 3.05) is 0 Å². The fourth-order valence-corrected chi connectivity index (χ4v) is 3.36. The van der Waals surface area contributed by atoms with E-state index in [9.17, 15) is 4.79 Å². The summed E-state index contributed by atoms with van der Waals surface area (Å²) in [5, 5.41) is 0. The molecule has 0 aliphatic carbocycles. The van der Waals surface area contributed by atoms with Crippen molar-refractivity contribution in [1.82, 2.24) is 9.55 Å². The Balaban J connectivity index is 1.95. The molecule has 154 valence electrons. The number of esters is 1. The number of imidazole rings is 1. The van der Waals surface area contributed by atoms with Crippen LogP contribution in [0.4, 0.5) is 0 Å². The Hall–Kier alpha value is -2.10. The number of aryl methyl sites for hydroxylation is 1. The summed E-state index contributed by atoms with van der Waals surface area (Å²) in [7, 11) is 0. The van der Waals surface area contributed by atoms with Gasteiger partial charge in [0.25, 0.3) is 0 Å². The molecule has 0 aliphatic heterocycles. The Labute approximate surface area is 170 Å². The van der Waals surface area contributed by atoms with Crippen LogP contribution in [0.3, 0.4) is 0 Å². The number of hydrogen-bond acceptors (Lipinski definition) is 3. The van der Waals surface area contributed by atoms with Crippen molar-refractivity contribution >= 4 is 5.97 Å². The molecule has 4 heteroatoms. The minimum absolute atomic E-state index is 0.109. The number of carbonyl (C=O) groups excluding carboxylic acids is 1. The van der Waals surface area contributed by atoms with Crippen LogP contribution in [-0.4, -0.2) is 21.1 Å². The zero-order chi connectivity index (χ0) is 20.9. The average Bonchev–Trinajstić information content (AvgIpc) is 3.04. The second-order valence-electron chi connectivity index (χ2n) is 9.06. The summed E-state index contributed by atoms with van der Waals surface area (Å²) in [6.45, 7) is 15.4. The first-order valence-electron chi connectivity index (χ1n) is 10.5. The lowest BCUT2D eigenvalue weighted by atomic mass is 9.96. The van der Waals surface area contributed by atoms with Crippen LogP contribution in [0, 0.1) is 5.92 Å². The Bertz CT molecular complexity index is 767. The van der Waals surface area contributed by atoms with Crippen LogP contribution in [0.15, 0.2) is 30.5 Å². The molecule has 28 heavy (non-hydrogen) atoms. The highest BCUT2D eigenvalue weighted by Crippen LogP contribution is 2.24. The molecule has 4 nitrogen and oxygen atoms in total. The predicted octanol–water partition coefficient (Wildman–Crippen LogP) is 5.99. The lowest BCUT2D eigenvalue weighted by molar-refractivity contribution is -0.155. The standard InChI is InChI=1S/C24H36N2O2/c1-8-26-16-21(25-23(26)17(2)3)20-12-10-19(11-13-20)15-18(4)9-14-22(27)28-24(5,6)7/h10-13,16-18H,8-9,14-15H2,1-7H3/t18-/m1/s1. The maximum absolute atomic E-state index is 11.9. The third-order valence-corrected chi connectivity index (χ3v) is 4.76. The molecule has 2 aromatic rings. The highest BCUT2D eigenvalue weighted by Gasteiger charge is 2.17. The molecule has 0 fully saturated rings. The second kappa shape index (κ2) is 9.40. The number of carbonyl (C=O) groups is 1. The van der Waals surface area contributed by atoms with Gasteiger partial charge in [-0.1, -0.05) is 45.0 Å². The van der Waals surface area contributed by atoms with E-state index in [1.807, 2.05) is 20.8 Å². The van der Waals surface area contributed by atoms with Gasteiger partial charge in [0.1, 0.15) is 11.4 Å². The summed E-state index contributed by atoms with van der Waals surface area (Å²) in [6, 6.07) is 8.67. The molecule has 1 heterocycles. The number of ether oxygens (including phenoxy) is 1. The highest BCUT2D eigenvalue weighted by atomic mass is 16.6. The molecular weight excluding hydrogens is 348 g/mol. The fraction of sp³-hybridized carbons (Fsp3) is 0.583. The highest BCUT2D eigenvalue weighted by molar-refractivity contribution is 5.69. The van der Waals surface area contributed by atoms with Gasteiger partial charge in [-0.25, -0.2) is 4.98 Å². The smallest absolute Gasteiger partial charge is 0.306 e. The summed E-state index contributed by atoms with van der Waals surface area (Å²) < 4.78 is 7.62. The SMILES string of the molecule is CCn1cc(-c2ccc(C[C@H](C)CCC(=O)OC(C)(C)C)cc2)nc1C(C)C. The minimum atomic E-state index is -0.406. The van der Waals surface area contributed by atoms with E-state index in [0.717, 1.165) is 36.5 Å². The van der Waals surface area contributed by atoms with E-state index in [0.29, 0.717) is 18.3 Å².